The van der Waals surface area contributed by atoms with Gasteiger partial charge in [-0.1, -0.05) is 13.8 Å². The molecule has 6 heteroatoms. The highest BCUT2D eigenvalue weighted by atomic mass is 16.4. The van der Waals surface area contributed by atoms with Crippen LogP contribution in [0.15, 0.2) is 18.2 Å². The third-order valence-corrected chi connectivity index (χ3v) is 2.44. The van der Waals surface area contributed by atoms with Gasteiger partial charge >= 0.3 is 5.97 Å². The molecule has 3 N–H and O–H groups in total. The van der Waals surface area contributed by atoms with E-state index < -0.39 is 5.97 Å². The summed E-state index contributed by atoms with van der Waals surface area (Å²) in [6.45, 7) is 5.13. The van der Waals surface area contributed by atoms with E-state index in [1.165, 1.54) is 19.1 Å². The van der Waals surface area contributed by atoms with Gasteiger partial charge in [0.05, 0.1) is 11.3 Å². The van der Waals surface area contributed by atoms with Crippen molar-refractivity contribution in [1.82, 2.24) is 0 Å². The van der Waals surface area contributed by atoms with Gasteiger partial charge in [-0.2, -0.15) is 0 Å². The van der Waals surface area contributed by atoms with Gasteiger partial charge in [0.1, 0.15) is 0 Å². The molecule has 0 saturated carbocycles. The van der Waals surface area contributed by atoms with Crippen molar-refractivity contribution in [3.63, 3.8) is 0 Å². The summed E-state index contributed by atoms with van der Waals surface area (Å²) in [4.78, 5) is 33.8. The Kier molecular flexibility index (Phi) is 5.25. The van der Waals surface area contributed by atoms with Gasteiger partial charge in [-0.3, -0.25) is 9.59 Å². The van der Waals surface area contributed by atoms with Gasteiger partial charge in [0.2, 0.25) is 11.8 Å². The molecular formula is C14H18N2O4. The molecule has 0 aromatic heterocycles. The number of benzene rings is 1. The van der Waals surface area contributed by atoms with Gasteiger partial charge < -0.3 is 15.7 Å². The fraction of sp³-hybridized carbons (Fsp3) is 0.357. The van der Waals surface area contributed by atoms with Crippen molar-refractivity contribution >= 4 is 29.2 Å². The van der Waals surface area contributed by atoms with Crippen molar-refractivity contribution in [3.8, 4) is 0 Å². The number of carbonyl (C=O) groups excluding carboxylic acids is 2. The zero-order valence-corrected chi connectivity index (χ0v) is 11.7. The highest BCUT2D eigenvalue weighted by Gasteiger charge is 2.14. The number of rotatable bonds is 5. The van der Waals surface area contributed by atoms with E-state index in [9.17, 15) is 14.4 Å². The maximum atomic E-state index is 11.7. The Hall–Kier alpha value is -2.37. The minimum atomic E-state index is -1.17. The summed E-state index contributed by atoms with van der Waals surface area (Å²) in [5.41, 5.74) is 0.530. The van der Waals surface area contributed by atoms with E-state index in [0.717, 1.165) is 0 Å². The summed E-state index contributed by atoms with van der Waals surface area (Å²) >= 11 is 0. The van der Waals surface area contributed by atoms with Crippen LogP contribution in [0.2, 0.25) is 0 Å². The quantitative estimate of drug-likeness (QED) is 0.770. The first kappa shape index (κ1) is 15.7. The number of carboxylic acids is 1. The van der Waals surface area contributed by atoms with Crippen molar-refractivity contribution in [3.05, 3.63) is 23.8 Å². The predicted octanol–water partition coefficient (Wildman–Crippen LogP) is 2.33. The summed E-state index contributed by atoms with van der Waals surface area (Å²) in [7, 11) is 0. The van der Waals surface area contributed by atoms with Crippen LogP contribution >= 0.6 is 0 Å². The van der Waals surface area contributed by atoms with Gasteiger partial charge in [-0.05, 0) is 24.1 Å². The first-order valence-corrected chi connectivity index (χ1v) is 6.24. The minimum absolute atomic E-state index is 0.0617. The van der Waals surface area contributed by atoms with Gasteiger partial charge in [0.25, 0.3) is 0 Å². The number of nitrogens with one attached hydrogen (secondary N) is 2. The molecule has 0 heterocycles. The third-order valence-electron chi connectivity index (χ3n) is 2.44. The second-order valence-corrected chi connectivity index (χ2v) is 4.89. The molecule has 0 radical (unpaired) electrons. The second-order valence-electron chi connectivity index (χ2n) is 4.89. The Balaban J connectivity index is 2.98. The standard InChI is InChI=1S/C14H18N2O4/c1-8(2)6-13(18)16-12-5-4-10(15-9(3)17)7-11(12)14(19)20/h4-5,7-8H,6H2,1-3H3,(H,15,17)(H,16,18)(H,19,20). The van der Waals surface area contributed by atoms with Crippen LogP contribution in [0.3, 0.4) is 0 Å². The Labute approximate surface area is 117 Å². The van der Waals surface area contributed by atoms with Gasteiger partial charge in [-0.25, -0.2) is 4.79 Å². The summed E-state index contributed by atoms with van der Waals surface area (Å²) in [6, 6.07) is 4.32. The van der Waals surface area contributed by atoms with Crippen molar-refractivity contribution in [2.45, 2.75) is 27.2 Å². The Morgan fingerprint density at radius 3 is 2.35 bits per heavy atom. The zero-order valence-electron chi connectivity index (χ0n) is 11.7. The molecule has 0 bridgehead atoms. The van der Waals surface area contributed by atoms with E-state index in [-0.39, 0.29) is 29.0 Å². The Morgan fingerprint density at radius 2 is 1.85 bits per heavy atom. The Bertz CT molecular complexity index is 538. The molecule has 20 heavy (non-hydrogen) atoms. The largest absolute Gasteiger partial charge is 0.478 e. The SMILES string of the molecule is CC(=O)Nc1ccc(NC(=O)CC(C)C)c(C(=O)O)c1. The van der Waals surface area contributed by atoms with Crippen LogP contribution in [0.25, 0.3) is 0 Å². The van der Waals surface area contributed by atoms with E-state index in [1.54, 1.807) is 6.07 Å². The molecule has 1 aromatic carbocycles. The molecule has 0 aliphatic carbocycles. The Morgan fingerprint density at radius 1 is 1.20 bits per heavy atom. The average Bonchev–Trinajstić information content (AvgIpc) is 2.28. The smallest absolute Gasteiger partial charge is 0.337 e. The molecule has 2 amide bonds. The molecule has 0 unspecified atom stereocenters. The number of hydrogen-bond acceptors (Lipinski definition) is 3. The highest BCUT2D eigenvalue weighted by Crippen LogP contribution is 2.21. The van der Waals surface area contributed by atoms with E-state index >= 15 is 0 Å². The van der Waals surface area contributed by atoms with Crippen LogP contribution in [0.4, 0.5) is 11.4 Å². The summed E-state index contributed by atoms with van der Waals surface area (Å²) < 4.78 is 0. The fourth-order valence-electron chi connectivity index (χ4n) is 1.68. The van der Waals surface area contributed by atoms with Crippen LogP contribution in [0.5, 0.6) is 0 Å². The lowest BCUT2D eigenvalue weighted by Crippen LogP contribution is -2.16. The van der Waals surface area contributed by atoms with Crippen LogP contribution < -0.4 is 10.6 Å². The summed E-state index contributed by atoms with van der Waals surface area (Å²) in [5.74, 6) is -1.52. The fourth-order valence-corrected chi connectivity index (χ4v) is 1.68. The number of anilines is 2. The molecule has 0 aliphatic rings. The molecule has 0 atom stereocenters. The maximum Gasteiger partial charge on any atom is 0.337 e. The first-order chi connectivity index (χ1) is 9.29. The number of carboxylic acid groups (broad SMARTS) is 1. The van der Waals surface area contributed by atoms with Gasteiger partial charge in [0, 0.05) is 19.0 Å². The van der Waals surface area contributed by atoms with E-state index in [0.29, 0.717) is 12.1 Å². The lowest BCUT2D eigenvalue weighted by molar-refractivity contribution is -0.117. The molecule has 0 aliphatic heterocycles. The maximum absolute atomic E-state index is 11.7. The van der Waals surface area contributed by atoms with Gasteiger partial charge in [-0.15, -0.1) is 0 Å². The summed E-state index contributed by atoms with van der Waals surface area (Å²) in [6.07, 6.45) is 0.312. The molecule has 0 fully saturated rings. The molecule has 0 spiro atoms. The number of carbonyl (C=O) groups is 3. The second kappa shape index (κ2) is 6.70. The third kappa shape index (κ3) is 4.72. The normalized spacial score (nSPS) is 10.2. The zero-order chi connectivity index (χ0) is 15.3. The number of hydrogen-bond donors (Lipinski definition) is 3. The number of amides is 2. The van der Waals surface area contributed by atoms with Crippen molar-refractivity contribution in [2.24, 2.45) is 5.92 Å². The summed E-state index contributed by atoms with van der Waals surface area (Å²) in [5, 5.41) is 14.2. The molecule has 108 valence electrons. The lowest BCUT2D eigenvalue weighted by Gasteiger charge is -2.11. The van der Waals surface area contributed by atoms with E-state index in [4.69, 9.17) is 5.11 Å². The van der Waals surface area contributed by atoms with E-state index in [1.807, 2.05) is 13.8 Å². The van der Waals surface area contributed by atoms with Crippen LogP contribution in [-0.4, -0.2) is 22.9 Å². The van der Waals surface area contributed by atoms with Gasteiger partial charge in [0.15, 0.2) is 0 Å². The van der Waals surface area contributed by atoms with Crippen LogP contribution in [-0.2, 0) is 9.59 Å². The van der Waals surface area contributed by atoms with Crippen molar-refractivity contribution < 1.29 is 19.5 Å². The predicted molar refractivity (Wildman–Crippen MR) is 75.8 cm³/mol. The van der Waals surface area contributed by atoms with Crippen LogP contribution in [0, 0.1) is 5.92 Å². The highest BCUT2D eigenvalue weighted by molar-refractivity contribution is 6.02. The van der Waals surface area contributed by atoms with Crippen molar-refractivity contribution in [2.75, 3.05) is 10.6 Å². The monoisotopic (exact) mass is 278 g/mol. The minimum Gasteiger partial charge on any atom is -0.478 e. The van der Waals surface area contributed by atoms with E-state index in [2.05, 4.69) is 10.6 Å². The lowest BCUT2D eigenvalue weighted by atomic mass is 10.1. The average molecular weight is 278 g/mol. The molecule has 0 saturated heterocycles. The topological polar surface area (TPSA) is 95.5 Å². The molecule has 1 rings (SSSR count). The van der Waals surface area contributed by atoms with Crippen molar-refractivity contribution in [1.29, 1.82) is 0 Å². The number of aromatic carboxylic acids is 1. The first-order valence-electron chi connectivity index (χ1n) is 6.24. The van der Waals surface area contributed by atoms with Crippen LogP contribution in [0.1, 0.15) is 37.6 Å². The molecule has 1 aromatic rings. The molecular weight excluding hydrogens is 260 g/mol. The molecule has 6 nitrogen and oxygen atoms in total.